The van der Waals surface area contributed by atoms with Gasteiger partial charge in [0.2, 0.25) is 0 Å². The second-order valence-electron chi connectivity index (χ2n) is 18.3. The van der Waals surface area contributed by atoms with E-state index in [1.165, 1.54) is 88.7 Å². The minimum atomic E-state index is -0.430. The largest absolute Gasteiger partial charge is 0.316 e. The molecule has 2 aliphatic rings. The molecule has 10 aromatic carbocycles. The van der Waals surface area contributed by atoms with Crippen LogP contribution >= 0.6 is 0 Å². The molecule has 0 fully saturated rings. The SMILES string of the molecule is C=C(/C=C(\CNC)c1ccc2ccccc2c1C)c1ccc(N(c2ccc(-c3ccccc3)cc2)c2ccc3c(c2)C2(c4ccccc4-c4ccccc42)c2ccccc2-3)cc1.Cc1ccccc1. The molecule has 0 unspecified atom stereocenters. The van der Waals surface area contributed by atoms with Gasteiger partial charge < -0.3 is 10.2 Å². The van der Waals surface area contributed by atoms with E-state index in [0.717, 1.165) is 34.7 Å². The van der Waals surface area contributed by atoms with Crippen molar-refractivity contribution in [3.8, 4) is 33.4 Å². The van der Waals surface area contributed by atoms with Crippen molar-refractivity contribution in [2.24, 2.45) is 0 Å². The van der Waals surface area contributed by atoms with Crippen LogP contribution in [0.5, 0.6) is 0 Å². The van der Waals surface area contributed by atoms with E-state index in [1.54, 1.807) is 0 Å². The lowest BCUT2D eigenvalue weighted by molar-refractivity contribution is 0.793. The van der Waals surface area contributed by atoms with Crippen molar-refractivity contribution in [1.29, 1.82) is 0 Å². The highest BCUT2D eigenvalue weighted by Gasteiger charge is 2.51. The highest BCUT2D eigenvalue weighted by Crippen LogP contribution is 2.63. The zero-order chi connectivity index (χ0) is 46.9. The number of rotatable bonds is 9. The van der Waals surface area contributed by atoms with Crippen molar-refractivity contribution in [2.45, 2.75) is 19.3 Å². The zero-order valence-corrected chi connectivity index (χ0v) is 39.5. The Hall–Kier alpha value is -8.30. The smallest absolute Gasteiger partial charge is 0.0726 e. The molecule has 1 N–H and O–H groups in total. The normalized spacial score (nSPS) is 12.7. The number of nitrogens with one attached hydrogen (secondary N) is 1. The number of fused-ring (bicyclic) bond motifs is 11. The van der Waals surface area contributed by atoms with Crippen LogP contribution in [-0.2, 0) is 5.41 Å². The molecule has 0 heterocycles. The summed E-state index contributed by atoms with van der Waals surface area (Å²) in [6, 6.07) is 86.1. The van der Waals surface area contributed by atoms with E-state index >= 15 is 0 Å². The fourth-order valence-electron chi connectivity index (χ4n) is 10.9. The van der Waals surface area contributed by atoms with Gasteiger partial charge in [0, 0.05) is 23.6 Å². The third-order valence-corrected chi connectivity index (χ3v) is 14.2. The summed E-state index contributed by atoms with van der Waals surface area (Å²) in [5, 5.41) is 5.95. The minimum Gasteiger partial charge on any atom is -0.316 e. The van der Waals surface area contributed by atoms with Crippen LogP contribution < -0.4 is 10.2 Å². The number of likely N-dealkylation sites (N-methyl/N-ethyl adjacent to an activating group) is 1. The molecule has 2 nitrogen and oxygen atoms in total. The van der Waals surface area contributed by atoms with Gasteiger partial charge in [-0.3, -0.25) is 0 Å². The molecular weight excluding hydrogens is 833 g/mol. The summed E-state index contributed by atoms with van der Waals surface area (Å²) in [4.78, 5) is 2.41. The molecule has 0 aromatic heterocycles. The van der Waals surface area contributed by atoms with Crippen LogP contribution in [0.4, 0.5) is 17.1 Å². The fourth-order valence-corrected chi connectivity index (χ4v) is 10.9. The Morgan fingerprint density at radius 2 is 0.971 bits per heavy atom. The molecule has 0 bridgehead atoms. The lowest BCUT2D eigenvalue weighted by atomic mass is 9.70. The Morgan fingerprint density at radius 1 is 0.478 bits per heavy atom. The first-order valence-electron chi connectivity index (χ1n) is 24.0. The summed E-state index contributed by atoms with van der Waals surface area (Å²) < 4.78 is 0. The van der Waals surface area contributed by atoms with Crippen LogP contribution in [0.15, 0.2) is 249 Å². The molecule has 0 saturated carbocycles. The second kappa shape index (κ2) is 18.4. The van der Waals surface area contributed by atoms with Crippen LogP contribution in [0.1, 0.15) is 44.5 Å². The summed E-state index contributed by atoms with van der Waals surface area (Å²) in [7, 11) is 2.01. The molecule has 0 saturated heterocycles. The van der Waals surface area contributed by atoms with Gasteiger partial charge in [0.25, 0.3) is 0 Å². The summed E-state index contributed by atoms with van der Waals surface area (Å²) in [6.45, 7) is 9.66. The van der Waals surface area contributed by atoms with Gasteiger partial charge in [0.05, 0.1) is 5.41 Å². The van der Waals surface area contributed by atoms with E-state index in [2.05, 4.69) is 255 Å². The number of aryl methyl sites for hydroxylation is 2. The van der Waals surface area contributed by atoms with Crippen LogP contribution in [-0.4, -0.2) is 13.6 Å². The molecule has 10 aromatic rings. The average molecular weight is 887 g/mol. The monoisotopic (exact) mass is 886 g/mol. The van der Waals surface area contributed by atoms with E-state index in [1.807, 2.05) is 25.2 Å². The Bertz CT molecular complexity index is 3460. The van der Waals surface area contributed by atoms with Crippen LogP contribution in [0.25, 0.3) is 55.3 Å². The Kier molecular flexibility index (Phi) is 11.5. The summed E-state index contributed by atoms with van der Waals surface area (Å²) in [5.74, 6) is 0. The van der Waals surface area contributed by atoms with Crippen LogP contribution in [0.2, 0.25) is 0 Å². The van der Waals surface area contributed by atoms with Gasteiger partial charge in [-0.2, -0.15) is 0 Å². The maximum Gasteiger partial charge on any atom is 0.0726 e. The molecule has 2 aliphatic carbocycles. The fraction of sp³-hybridized carbons (Fsp3) is 0.0746. The first-order chi connectivity index (χ1) is 33.9. The Balaban J connectivity index is 0.000000685. The van der Waals surface area contributed by atoms with Gasteiger partial charge in [0.15, 0.2) is 0 Å². The number of hydrogen-bond donors (Lipinski definition) is 1. The van der Waals surface area contributed by atoms with Crippen molar-refractivity contribution >= 4 is 39.0 Å². The molecule has 0 atom stereocenters. The van der Waals surface area contributed by atoms with Crippen molar-refractivity contribution in [1.82, 2.24) is 5.32 Å². The van der Waals surface area contributed by atoms with E-state index in [4.69, 9.17) is 0 Å². The van der Waals surface area contributed by atoms with E-state index in [-0.39, 0.29) is 0 Å². The molecule has 2 heteroatoms. The summed E-state index contributed by atoms with van der Waals surface area (Å²) >= 11 is 0. The number of anilines is 3. The molecule has 12 rings (SSSR count). The van der Waals surface area contributed by atoms with Gasteiger partial charge in [-0.15, -0.1) is 0 Å². The van der Waals surface area contributed by atoms with E-state index in [0.29, 0.717) is 0 Å². The number of hydrogen-bond acceptors (Lipinski definition) is 2. The van der Waals surface area contributed by atoms with Crippen molar-refractivity contribution in [3.05, 3.63) is 294 Å². The van der Waals surface area contributed by atoms with Gasteiger partial charge in [-0.05, 0) is 158 Å². The summed E-state index contributed by atoms with van der Waals surface area (Å²) in [6.07, 6.45) is 2.25. The Morgan fingerprint density at radius 3 is 1.55 bits per heavy atom. The predicted octanol–water partition coefficient (Wildman–Crippen LogP) is 16.9. The standard InChI is InChI=1S/C60H46N2.C7H8/c1-40(37-46(39-61-3)51-35-29-45-17-7-8-18-50(45)41(51)2)42-25-30-47(31-26-42)62(48-32-27-44(28-33-48)43-15-5-4-6-16-43)49-34-36-55-54-21-11-14-24-58(54)60(59(55)38-49)56-22-12-9-19-52(56)53-20-10-13-23-57(53)60;1-7-5-3-2-4-6-7/h4-38,61H,1,39H2,2-3H3;2-6H,1H3/b46-37+;. The predicted molar refractivity (Wildman–Crippen MR) is 294 cm³/mol. The molecule has 0 aliphatic heterocycles. The quantitative estimate of drug-likeness (QED) is 0.145. The molecule has 332 valence electrons. The zero-order valence-electron chi connectivity index (χ0n) is 39.5. The highest BCUT2D eigenvalue weighted by molar-refractivity contribution is 5.97. The van der Waals surface area contributed by atoms with Crippen molar-refractivity contribution < 1.29 is 0 Å². The first kappa shape index (κ1) is 43.3. The number of allylic oxidation sites excluding steroid dienone is 2. The van der Waals surface area contributed by atoms with Gasteiger partial charge in [-0.25, -0.2) is 0 Å². The summed E-state index contributed by atoms with van der Waals surface area (Å²) in [5.41, 5.74) is 22.9. The topological polar surface area (TPSA) is 15.3 Å². The van der Waals surface area contributed by atoms with Crippen molar-refractivity contribution in [3.63, 3.8) is 0 Å². The third-order valence-electron chi connectivity index (χ3n) is 14.2. The molecule has 1 spiro atoms. The van der Waals surface area contributed by atoms with Gasteiger partial charge in [-0.1, -0.05) is 212 Å². The maximum atomic E-state index is 4.61. The van der Waals surface area contributed by atoms with Gasteiger partial charge >= 0.3 is 0 Å². The molecular formula is C67H54N2. The maximum absolute atomic E-state index is 4.61. The Labute approximate surface area is 407 Å². The highest BCUT2D eigenvalue weighted by atomic mass is 15.1. The molecule has 0 radical (unpaired) electrons. The average Bonchev–Trinajstić information content (AvgIpc) is 3.87. The van der Waals surface area contributed by atoms with Crippen LogP contribution in [0.3, 0.4) is 0 Å². The first-order valence-corrected chi connectivity index (χ1v) is 24.0. The number of nitrogens with zero attached hydrogens (tertiary/aromatic N) is 1. The number of benzene rings is 10. The van der Waals surface area contributed by atoms with Crippen molar-refractivity contribution in [2.75, 3.05) is 18.5 Å². The van der Waals surface area contributed by atoms with Gasteiger partial charge in [0.1, 0.15) is 0 Å². The van der Waals surface area contributed by atoms with Crippen LogP contribution in [0, 0.1) is 13.8 Å². The lowest BCUT2D eigenvalue weighted by Crippen LogP contribution is -2.26. The van der Waals surface area contributed by atoms with E-state index in [9.17, 15) is 0 Å². The molecule has 69 heavy (non-hydrogen) atoms. The lowest BCUT2D eigenvalue weighted by Gasteiger charge is -2.32. The molecule has 0 amide bonds. The van der Waals surface area contributed by atoms with E-state index < -0.39 is 5.41 Å². The minimum absolute atomic E-state index is 0.430. The third kappa shape index (κ3) is 7.70. The second-order valence-corrected chi connectivity index (χ2v) is 18.3.